The molecule has 1 aromatic heterocycles. The predicted octanol–water partition coefficient (Wildman–Crippen LogP) is 4.45. The van der Waals surface area contributed by atoms with Crippen LogP contribution in [0.3, 0.4) is 0 Å². The minimum atomic E-state index is -0.546. The molecule has 2 N–H and O–H groups in total. The number of hydrogen-bond donors (Lipinski definition) is 2. The third kappa shape index (κ3) is 3.48. The molecule has 118 valence electrons. The maximum Gasteiger partial charge on any atom is 0.413 e. The van der Waals surface area contributed by atoms with Crippen LogP contribution in [0.25, 0.3) is 11.0 Å². The molecule has 2 aromatic carbocycles. The lowest BCUT2D eigenvalue weighted by molar-refractivity contribution is 0.186. The Morgan fingerprint density at radius 1 is 1.30 bits per heavy atom. The molecule has 5 nitrogen and oxygen atoms in total. The lowest BCUT2D eigenvalue weighted by atomic mass is 10.2. The van der Waals surface area contributed by atoms with Crippen molar-refractivity contribution in [1.29, 1.82) is 0 Å². The number of carbonyl (C=O) groups is 1. The van der Waals surface area contributed by atoms with E-state index in [2.05, 4.69) is 51.2 Å². The van der Waals surface area contributed by atoms with E-state index >= 15 is 0 Å². The summed E-state index contributed by atoms with van der Waals surface area (Å²) in [5, 5.41) is 2.53. The third-order valence-electron chi connectivity index (χ3n) is 3.44. The van der Waals surface area contributed by atoms with Gasteiger partial charge in [-0.25, -0.2) is 9.78 Å². The molecular formula is C17H17N3O2S. The summed E-state index contributed by atoms with van der Waals surface area (Å²) in [7, 11) is 1.32. The highest BCUT2D eigenvalue weighted by Crippen LogP contribution is 2.32. The molecule has 0 spiro atoms. The SMILES string of the molecule is CCc1ccccc1Sc1ccc2nc(NC(=O)OC)[nH]c2c1. The second kappa shape index (κ2) is 6.75. The summed E-state index contributed by atoms with van der Waals surface area (Å²) in [4.78, 5) is 21.0. The number of amides is 1. The van der Waals surface area contributed by atoms with Crippen molar-refractivity contribution in [3.05, 3.63) is 48.0 Å². The zero-order chi connectivity index (χ0) is 16.2. The number of aryl methyl sites for hydroxylation is 1. The van der Waals surface area contributed by atoms with Gasteiger partial charge in [-0.3, -0.25) is 5.32 Å². The zero-order valence-corrected chi connectivity index (χ0v) is 13.7. The second-order valence-electron chi connectivity index (χ2n) is 4.94. The first-order chi connectivity index (χ1) is 11.2. The van der Waals surface area contributed by atoms with Crippen molar-refractivity contribution in [1.82, 2.24) is 9.97 Å². The first-order valence-electron chi connectivity index (χ1n) is 7.30. The van der Waals surface area contributed by atoms with Crippen molar-refractivity contribution in [3.63, 3.8) is 0 Å². The molecule has 0 unspecified atom stereocenters. The van der Waals surface area contributed by atoms with E-state index in [1.807, 2.05) is 18.2 Å². The van der Waals surface area contributed by atoms with E-state index in [0.717, 1.165) is 22.3 Å². The third-order valence-corrected chi connectivity index (χ3v) is 4.55. The van der Waals surface area contributed by atoms with Crippen LogP contribution < -0.4 is 5.32 Å². The first-order valence-corrected chi connectivity index (χ1v) is 8.11. The van der Waals surface area contributed by atoms with Gasteiger partial charge in [-0.15, -0.1) is 0 Å². The standard InChI is InChI=1S/C17H17N3O2S/c1-3-11-6-4-5-7-15(11)23-12-8-9-13-14(10-12)19-16(18-13)20-17(21)22-2/h4-10H,3H2,1-2H3,(H2,18,19,20,21). The Morgan fingerprint density at radius 3 is 2.91 bits per heavy atom. The Morgan fingerprint density at radius 2 is 2.13 bits per heavy atom. The summed E-state index contributed by atoms with van der Waals surface area (Å²) in [6, 6.07) is 14.4. The lowest BCUT2D eigenvalue weighted by Crippen LogP contribution is -2.11. The normalized spacial score (nSPS) is 10.7. The summed E-state index contributed by atoms with van der Waals surface area (Å²) in [6.45, 7) is 2.16. The van der Waals surface area contributed by atoms with Gasteiger partial charge in [0.05, 0.1) is 18.1 Å². The molecule has 0 bridgehead atoms. The van der Waals surface area contributed by atoms with E-state index in [4.69, 9.17) is 0 Å². The van der Waals surface area contributed by atoms with Gasteiger partial charge in [0, 0.05) is 9.79 Å². The number of H-pyrrole nitrogens is 1. The number of aromatic nitrogens is 2. The fraction of sp³-hybridized carbons (Fsp3) is 0.176. The molecule has 1 heterocycles. The molecule has 0 aliphatic heterocycles. The van der Waals surface area contributed by atoms with Crippen LogP contribution in [0.4, 0.5) is 10.7 Å². The van der Waals surface area contributed by atoms with Crippen LogP contribution in [0.5, 0.6) is 0 Å². The highest BCUT2D eigenvalue weighted by molar-refractivity contribution is 7.99. The molecule has 0 aliphatic rings. The molecule has 6 heteroatoms. The first kappa shape index (κ1) is 15.4. The Hall–Kier alpha value is -2.47. The van der Waals surface area contributed by atoms with Crippen LogP contribution in [0.1, 0.15) is 12.5 Å². The van der Waals surface area contributed by atoms with Crippen molar-refractivity contribution in [2.24, 2.45) is 0 Å². The van der Waals surface area contributed by atoms with Gasteiger partial charge in [-0.05, 0) is 36.2 Å². The van der Waals surface area contributed by atoms with Crippen molar-refractivity contribution in [2.75, 3.05) is 12.4 Å². The quantitative estimate of drug-likeness (QED) is 0.742. The number of methoxy groups -OCH3 is 1. The summed E-state index contributed by atoms with van der Waals surface area (Å²) >= 11 is 1.72. The van der Waals surface area contributed by atoms with E-state index in [0.29, 0.717) is 5.95 Å². The number of benzene rings is 2. The summed E-state index contributed by atoms with van der Waals surface area (Å²) in [5.74, 6) is 0.378. The van der Waals surface area contributed by atoms with Gasteiger partial charge >= 0.3 is 6.09 Å². The molecule has 3 rings (SSSR count). The number of rotatable bonds is 4. The van der Waals surface area contributed by atoms with Crippen LogP contribution in [-0.2, 0) is 11.2 Å². The Kier molecular flexibility index (Phi) is 4.52. The average Bonchev–Trinajstić information content (AvgIpc) is 2.96. The number of aromatic amines is 1. The van der Waals surface area contributed by atoms with Gasteiger partial charge in [-0.1, -0.05) is 36.9 Å². The monoisotopic (exact) mass is 327 g/mol. The number of carbonyl (C=O) groups excluding carboxylic acids is 1. The van der Waals surface area contributed by atoms with Gasteiger partial charge in [0.2, 0.25) is 5.95 Å². The maximum absolute atomic E-state index is 11.2. The van der Waals surface area contributed by atoms with Gasteiger partial charge < -0.3 is 9.72 Å². The van der Waals surface area contributed by atoms with E-state index in [1.54, 1.807) is 11.8 Å². The number of imidazole rings is 1. The molecular weight excluding hydrogens is 310 g/mol. The predicted molar refractivity (Wildman–Crippen MR) is 92.1 cm³/mol. The Labute approximate surface area is 138 Å². The lowest BCUT2D eigenvalue weighted by Gasteiger charge is -2.06. The van der Waals surface area contributed by atoms with Crippen molar-refractivity contribution >= 4 is 34.8 Å². The zero-order valence-electron chi connectivity index (χ0n) is 12.9. The number of anilines is 1. The van der Waals surface area contributed by atoms with Crippen LogP contribution in [0.15, 0.2) is 52.3 Å². The topological polar surface area (TPSA) is 67.0 Å². The van der Waals surface area contributed by atoms with Gasteiger partial charge in [0.25, 0.3) is 0 Å². The van der Waals surface area contributed by atoms with E-state index < -0.39 is 6.09 Å². The Bertz CT molecular complexity index is 845. The van der Waals surface area contributed by atoms with Crippen molar-refractivity contribution in [3.8, 4) is 0 Å². The number of nitrogens with zero attached hydrogens (tertiary/aromatic N) is 1. The van der Waals surface area contributed by atoms with Gasteiger partial charge in [0.1, 0.15) is 0 Å². The summed E-state index contributed by atoms with van der Waals surface area (Å²) in [6.07, 6.45) is 0.457. The maximum atomic E-state index is 11.2. The average molecular weight is 327 g/mol. The second-order valence-corrected chi connectivity index (χ2v) is 6.06. The van der Waals surface area contributed by atoms with E-state index in [1.165, 1.54) is 17.6 Å². The molecule has 0 saturated heterocycles. The van der Waals surface area contributed by atoms with Gasteiger partial charge in [0.15, 0.2) is 0 Å². The molecule has 0 radical (unpaired) electrons. The number of ether oxygens (including phenoxy) is 1. The number of fused-ring (bicyclic) bond motifs is 1. The van der Waals surface area contributed by atoms with Crippen LogP contribution >= 0.6 is 11.8 Å². The molecule has 0 fully saturated rings. The summed E-state index contributed by atoms with van der Waals surface area (Å²) < 4.78 is 4.56. The number of hydrogen-bond acceptors (Lipinski definition) is 4. The van der Waals surface area contributed by atoms with Gasteiger partial charge in [-0.2, -0.15) is 0 Å². The van der Waals surface area contributed by atoms with Crippen molar-refractivity contribution in [2.45, 2.75) is 23.1 Å². The molecule has 0 aliphatic carbocycles. The summed E-state index contributed by atoms with van der Waals surface area (Å²) in [5.41, 5.74) is 3.00. The smallest absolute Gasteiger partial charge is 0.413 e. The molecule has 3 aromatic rings. The largest absolute Gasteiger partial charge is 0.453 e. The molecule has 0 saturated carbocycles. The fourth-order valence-electron chi connectivity index (χ4n) is 2.28. The molecule has 1 amide bonds. The highest BCUT2D eigenvalue weighted by atomic mass is 32.2. The number of nitrogens with one attached hydrogen (secondary N) is 2. The van der Waals surface area contributed by atoms with Crippen LogP contribution in [-0.4, -0.2) is 23.2 Å². The van der Waals surface area contributed by atoms with Crippen molar-refractivity contribution < 1.29 is 9.53 Å². The van der Waals surface area contributed by atoms with E-state index in [-0.39, 0.29) is 0 Å². The van der Waals surface area contributed by atoms with Crippen LogP contribution in [0, 0.1) is 0 Å². The minimum Gasteiger partial charge on any atom is -0.453 e. The molecule has 23 heavy (non-hydrogen) atoms. The minimum absolute atomic E-state index is 0.378. The van der Waals surface area contributed by atoms with E-state index in [9.17, 15) is 4.79 Å². The fourth-order valence-corrected chi connectivity index (χ4v) is 3.34. The van der Waals surface area contributed by atoms with Crippen LogP contribution in [0.2, 0.25) is 0 Å². The highest BCUT2D eigenvalue weighted by Gasteiger charge is 2.08. The molecule has 0 atom stereocenters. The Balaban J connectivity index is 1.86.